The Morgan fingerprint density at radius 1 is 1.00 bits per heavy atom. The molecule has 0 bridgehead atoms. The zero-order valence-electron chi connectivity index (χ0n) is 11.6. The second-order valence-corrected chi connectivity index (χ2v) is 5.12. The summed E-state index contributed by atoms with van der Waals surface area (Å²) in [6.45, 7) is 1.83. The van der Waals surface area contributed by atoms with Crippen LogP contribution in [0.25, 0.3) is 0 Å². The highest BCUT2D eigenvalue weighted by atomic mass is 16.5. The summed E-state index contributed by atoms with van der Waals surface area (Å²) in [5, 5.41) is 0. The van der Waals surface area contributed by atoms with E-state index in [0.29, 0.717) is 6.42 Å². The topological polar surface area (TPSA) is 26.3 Å². The Balaban J connectivity index is 2.11. The number of carbonyl (C=O) groups is 1. The summed E-state index contributed by atoms with van der Waals surface area (Å²) < 4.78 is 5.73. The molecule has 2 aromatic carbocycles. The highest BCUT2D eigenvalue weighted by molar-refractivity contribution is 5.70. The predicted octanol–water partition coefficient (Wildman–Crippen LogP) is 3.83. The van der Waals surface area contributed by atoms with E-state index < -0.39 is 0 Å². The molecule has 0 heterocycles. The molecule has 0 saturated heterocycles. The molecule has 0 spiro atoms. The van der Waals surface area contributed by atoms with Crippen molar-refractivity contribution in [3.8, 4) is 0 Å². The molecule has 3 rings (SSSR count). The molecule has 0 unspecified atom stereocenters. The van der Waals surface area contributed by atoms with E-state index in [1.807, 2.05) is 31.2 Å². The van der Waals surface area contributed by atoms with Gasteiger partial charge in [-0.1, -0.05) is 55.5 Å². The first-order valence-corrected chi connectivity index (χ1v) is 7.14. The van der Waals surface area contributed by atoms with Gasteiger partial charge >= 0.3 is 5.97 Å². The van der Waals surface area contributed by atoms with Gasteiger partial charge in [-0.3, -0.25) is 4.79 Å². The van der Waals surface area contributed by atoms with Crippen LogP contribution >= 0.6 is 0 Å². The van der Waals surface area contributed by atoms with Crippen molar-refractivity contribution in [1.29, 1.82) is 0 Å². The van der Waals surface area contributed by atoms with Gasteiger partial charge in [0.25, 0.3) is 0 Å². The maximum atomic E-state index is 11.8. The lowest BCUT2D eigenvalue weighted by Gasteiger charge is -2.20. The Morgan fingerprint density at radius 2 is 1.50 bits per heavy atom. The van der Waals surface area contributed by atoms with Crippen LogP contribution in [0, 0.1) is 0 Å². The van der Waals surface area contributed by atoms with Gasteiger partial charge < -0.3 is 4.74 Å². The van der Waals surface area contributed by atoms with Crippen LogP contribution in [0.1, 0.15) is 41.7 Å². The summed E-state index contributed by atoms with van der Waals surface area (Å²) in [7, 11) is 0. The van der Waals surface area contributed by atoms with E-state index in [1.165, 1.54) is 11.1 Å². The van der Waals surface area contributed by atoms with Crippen LogP contribution in [0.15, 0.2) is 48.5 Å². The molecule has 0 atom stereocenters. The molecule has 2 aromatic rings. The molecule has 0 aliphatic heterocycles. The van der Waals surface area contributed by atoms with Gasteiger partial charge in [0, 0.05) is 17.5 Å². The molecule has 2 heteroatoms. The second-order valence-electron chi connectivity index (χ2n) is 5.12. The van der Waals surface area contributed by atoms with Crippen LogP contribution in [0.4, 0.5) is 0 Å². The molecule has 0 saturated carbocycles. The van der Waals surface area contributed by atoms with E-state index in [9.17, 15) is 4.79 Å². The first-order chi connectivity index (χ1) is 9.79. The third kappa shape index (κ3) is 2.34. The summed E-state index contributed by atoms with van der Waals surface area (Å²) in [5.74, 6) is -0.151. The molecule has 102 valence electrons. The smallest absolute Gasteiger partial charge is 0.306 e. The fourth-order valence-corrected chi connectivity index (χ4v) is 2.81. The zero-order chi connectivity index (χ0) is 13.9. The van der Waals surface area contributed by atoms with Crippen molar-refractivity contribution in [3.63, 3.8) is 0 Å². The van der Waals surface area contributed by atoms with Gasteiger partial charge in [-0.15, -0.1) is 0 Å². The normalized spacial score (nSPS) is 14.1. The van der Waals surface area contributed by atoms with E-state index in [-0.39, 0.29) is 12.1 Å². The van der Waals surface area contributed by atoms with Gasteiger partial charge in [-0.2, -0.15) is 0 Å². The summed E-state index contributed by atoms with van der Waals surface area (Å²) in [6.07, 6.45) is 2.12. The molecule has 1 aliphatic rings. The monoisotopic (exact) mass is 266 g/mol. The number of aryl methyl sites for hydroxylation is 2. The van der Waals surface area contributed by atoms with Gasteiger partial charge in [0.1, 0.15) is 0 Å². The number of esters is 1. The molecule has 0 N–H and O–H groups in total. The van der Waals surface area contributed by atoms with Crippen LogP contribution in [-0.4, -0.2) is 5.97 Å². The number of carbonyl (C=O) groups excluding carboxylic acids is 1. The molecular weight excluding hydrogens is 248 g/mol. The van der Waals surface area contributed by atoms with E-state index in [4.69, 9.17) is 4.74 Å². The molecule has 0 aromatic heterocycles. The number of hydrogen-bond donors (Lipinski definition) is 0. The van der Waals surface area contributed by atoms with E-state index in [2.05, 4.69) is 24.3 Å². The Hall–Kier alpha value is -2.09. The molecular formula is C18H18O2. The van der Waals surface area contributed by atoms with Gasteiger partial charge in [0.2, 0.25) is 0 Å². The summed E-state index contributed by atoms with van der Waals surface area (Å²) in [4.78, 5) is 11.8. The van der Waals surface area contributed by atoms with Gasteiger partial charge in [-0.25, -0.2) is 0 Å². The minimum absolute atomic E-state index is 0.151. The third-order valence-corrected chi connectivity index (χ3v) is 3.88. The number of benzene rings is 2. The first kappa shape index (κ1) is 12.9. The molecule has 1 aliphatic carbocycles. The maximum Gasteiger partial charge on any atom is 0.306 e. The molecule has 2 nitrogen and oxygen atoms in total. The van der Waals surface area contributed by atoms with Crippen LogP contribution in [0.3, 0.4) is 0 Å². The Morgan fingerprint density at radius 3 is 2.00 bits per heavy atom. The predicted molar refractivity (Wildman–Crippen MR) is 78.5 cm³/mol. The fraction of sp³-hybridized carbons (Fsp3) is 0.278. The number of hydrogen-bond acceptors (Lipinski definition) is 2. The second kappa shape index (κ2) is 5.49. The van der Waals surface area contributed by atoms with Crippen molar-refractivity contribution < 1.29 is 9.53 Å². The largest absolute Gasteiger partial charge is 0.453 e. The highest BCUT2D eigenvalue weighted by Crippen LogP contribution is 2.35. The summed E-state index contributed by atoms with van der Waals surface area (Å²) >= 11 is 0. The third-order valence-electron chi connectivity index (χ3n) is 3.88. The minimum Gasteiger partial charge on any atom is -0.453 e. The van der Waals surface area contributed by atoms with E-state index in [0.717, 1.165) is 24.0 Å². The fourth-order valence-electron chi connectivity index (χ4n) is 2.81. The lowest BCUT2D eigenvalue weighted by molar-refractivity contribution is -0.147. The van der Waals surface area contributed by atoms with Crippen LogP contribution < -0.4 is 0 Å². The summed E-state index contributed by atoms with van der Waals surface area (Å²) in [6, 6.07) is 16.5. The van der Waals surface area contributed by atoms with Crippen molar-refractivity contribution >= 4 is 5.97 Å². The quantitative estimate of drug-likeness (QED) is 0.772. The highest BCUT2D eigenvalue weighted by Gasteiger charge is 2.25. The zero-order valence-corrected chi connectivity index (χ0v) is 11.6. The SMILES string of the molecule is CCC(=O)OC1c2ccccc2CCc2ccccc21. The Bertz CT molecular complexity index is 583. The van der Waals surface area contributed by atoms with Crippen LogP contribution in [0.5, 0.6) is 0 Å². The lowest BCUT2D eigenvalue weighted by Crippen LogP contribution is -2.13. The minimum atomic E-state index is -0.266. The lowest BCUT2D eigenvalue weighted by atomic mass is 9.97. The average molecular weight is 266 g/mol. The van der Waals surface area contributed by atoms with Gasteiger partial charge in [0.15, 0.2) is 6.10 Å². The van der Waals surface area contributed by atoms with Gasteiger partial charge in [-0.05, 0) is 24.0 Å². The van der Waals surface area contributed by atoms with Gasteiger partial charge in [0.05, 0.1) is 0 Å². The molecule has 0 radical (unpaired) electrons. The number of fused-ring (bicyclic) bond motifs is 2. The van der Waals surface area contributed by atoms with Crippen LogP contribution in [0.2, 0.25) is 0 Å². The van der Waals surface area contributed by atoms with Crippen molar-refractivity contribution in [2.45, 2.75) is 32.3 Å². The molecule has 20 heavy (non-hydrogen) atoms. The Labute approximate surface area is 119 Å². The standard InChI is InChI=1S/C18H18O2/c1-2-17(19)20-18-15-9-5-3-7-13(15)11-12-14-8-4-6-10-16(14)18/h3-10,18H,2,11-12H2,1H3. The van der Waals surface area contributed by atoms with Crippen molar-refractivity contribution in [2.75, 3.05) is 0 Å². The molecule has 0 amide bonds. The number of rotatable bonds is 2. The van der Waals surface area contributed by atoms with Crippen molar-refractivity contribution in [1.82, 2.24) is 0 Å². The van der Waals surface area contributed by atoms with Crippen LogP contribution in [-0.2, 0) is 22.4 Å². The number of ether oxygens (including phenoxy) is 1. The average Bonchev–Trinajstić information content (AvgIpc) is 2.65. The van der Waals surface area contributed by atoms with E-state index >= 15 is 0 Å². The van der Waals surface area contributed by atoms with E-state index in [1.54, 1.807) is 0 Å². The van der Waals surface area contributed by atoms with Crippen molar-refractivity contribution in [2.24, 2.45) is 0 Å². The Kier molecular flexibility index (Phi) is 3.55. The first-order valence-electron chi connectivity index (χ1n) is 7.14. The maximum absolute atomic E-state index is 11.8. The molecule has 0 fully saturated rings. The summed E-state index contributed by atoms with van der Waals surface area (Å²) in [5.41, 5.74) is 4.80. The van der Waals surface area contributed by atoms with Crippen molar-refractivity contribution in [3.05, 3.63) is 70.8 Å².